The Labute approximate surface area is 73.0 Å². The zero-order valence-electron chi connectivity index (χ0n) is 9.07. The molecule has 0 aliphatic heterocycles. The van der Waals surface area contributed by atoms with Gasteiger partial charge in [0.15, 0.2) is 0 Å². The largest absolute Gasteiger partial charge is 0.0988 e. The van der Waals surface area contributed by atoms with E-state index in [1.54, 1.807) is 6.08 Å². The molecule has 0 rings (SSSR count). The Morgan fingerprint density at radius 1 is 1.09 bits per heavy atom. The average Bonchev–Trinajstić information content (AvgIpc) is 2.10. The van der Waals surface area contributed by atoms with Crippen molar-refractivity contribution < 1.29 is 0 Å². The molecule has 0 heteroatoms. The summed E-state index contributed by atoms with van der Waals surface area (Å²) in [6.07, 6.45) is 1.80. The minimum Gasteiger partial charge on any atom is -0.0988 e. The molecule has 0 bridgehead atoms. The fraction of sp³-hybridized carbons (Fsp3) is 0.636. The van der Waals surface area contributed by atoms with E-state index in [0.717, 1.165) is 5.57 Å². The lowest BCUT2D eigenvalue weighted by atomic mass is 10.1. The molecule has 0 atom stereocenters. The van der Waals surface area contributed by atoms with Crippen molar-refractivity contribution in [2.75, 3.05) is 0 Å². The summed E-state index contributed by atoms with van der Waals surface area (Å²) >= 11 is 0. The predicted molar refractivity (Wildman–Crippen MR) is 56.9 cm³/mol. The van der Waals surface area contributed by atoms with Gasteiger partial charge in [-0.15, -0.1) is 0 Å². The molecule has 0 aromatic rings. The Morgan fingerprint density at radius 2 is 1.36 bits per heavy atom. The summed E-state index contributed by atoms with van der Waals surface area (Å²) in [4.78, 5) is 0. The van der Waals surface area contributed by atoms with Gasteiger partial charge in [0.05, 0.1) is 0 Å². The van der Waals surface area contributed by atoms with Crippen LogP contribution in [0.4, 0.5) is 0 Å². The van der Waals surface area contributed by atoms with Gasteiger partial charge in [0.1, 0.15) is 0 Å². The van der Waals surface area contributed by atoms with E-state index in [2.05, 4.69) is 27.0 Å². The van der Waals surface area contributed by atoms with E-state index in [-0.39, 0.29) is 0 Å². The highest BCUT2D eigenvalue weighted by Crippen LogP contribution is 2.05. The van der Waals surface area contributed by atoms with Gasteiger partial charge in [0.2, 0.25) is 0 Å². The van der Waals surface area contributed by atoms with Crippen LogP contribution in [0.3, 0.4) is 0 Å². The molecule has 0 aromatic carbocycles. The number of rotatable bonds is 2. The van der Waals surface area contributed by atoms with Crippen molar-refractivity contribution in [2.45, 2.75) is 41.5 Å². The lowest BCUT2D eigenvalue weighted by molar-refractivity contribution is 0.796. The summed E-state index contributed by atoms with van der Waals surface area (Å²) in [6, 6.07) is 0. The maximum absolute atomic E-state index is 3.75. The van der Waals surface area contributed by atoms with Gasteiger partial charge in [-0.25, -0.2) is 0 Å². The van der Waals surface area contributed by atoms with Crippen LogP contribution in [0.2, 0.25) is 0 Å². The van der Waals surface area contributed by atoms with E-state index in [0.29, 0.717) is 5.92 Å². The molecule has 0 amide bonds. The van der Waals surface area contributed by atoms with Crippen molar-refractivity contribution in [1.82, 2.24) is 0 Å². The van der Waals surface area contributed by atoms with Crippen molar-refractivity contribution in [3.05, 3.63) is 24.8 Å². The van der Waals surface area contributed by atoms with Crippen molar-refractivity contribution in [2.24, 2.45) is 5.92 Å². The Hall–Kier alpha value is -0.520. The first-order chi connectivity index (χ1) is 5.18. The minimum atomic E-state index is 0.553. The van der Waals surface area contributed by atoms with E-state index in [1.165, 1.54) is 0 Å². The molecular formula is C11H24. The van der Waals surface area contributed by atoms with Gasteiger partial charge in [0.25, 0.3) is 0 Å². The van der Waals surface area contributed by atoms with Gasteiger partial charge < -0.3 is 0 Å². The van der Waals surface area contributed by atoms with Crippen molar-refractivity contribution >= 4 is 0 Å². The highest BCUT2D eigenvalue weighted by Gasteiger charge is 1.90. The van der Waals surface area contributed by atoms with E-state index in [9.17, 15) is 0 Å². The summed E-state index contributed by atoms with van der Waals surface area (Å²) < 4.78 is 0. The minimum absolute atomic E-state index is 0.553. The standard InChI is InChI=1S/C7H12.2C2H6/c1-5-7(4)6(2)3;2*1-2/h5-6H,1,4H2,2-3H3;2*1-2H3. The SMILES string of the molecule is C=CC(=C)C(C)C.CC.CC. The van der Waals surface area contributed by atoms with Gasteiger partial charge >= 0.3 is 0 Å². The third kappa shape index (κ3) is 17.7. The maximum Gasteiger partial charge on any atom is -0.0225 e. The third-order valence-electron chi connectivity index (χ3n) is 1.00. The van der Waals surface area contributed by atoms with Gasteiger partial charge in [-0.1, -0.05) is 66.3 Å². The van der Waals surface area contributed by atoms with Crippen molar-refractivity contribution in [1.29, 1.82) is 0 Å². The molecular weight excluding hydrogens is 132 g/mol. The first-order valence-corrected chi connectivity index (χ1v) is 4.49. The number of hydrogen-bond acceptors (Lipinski definition) is 0. The van der Waals surface area contributed by atoms with Crippen LogP contribution in [0.25, 0.3) is 0 Å². The summed E-state index contributed by atoms with van der Waals surface area (Å²) in [5, 5.41) is 0. The van der Waals surface area contributed by atoms with Crippen LogP contribution in [0.5, 0.6) is 0 Å². The molecule has 0 aliphatic carbocycles. The summed E-state index contributed by atoms with van der Waals surface area (Å²) in [5.41, 5.74) is 1.11. The smallest absolute Gasteiger partial charge is 0.0225 e. The maximum atomic E-state index is 3.75. The number of allylic oxidation sites excluding steroid dienone is 2. The monoisotopic (exact) mass is 156 g/mol. The fourth-order valence-corrected chi connectivity index (χ4v) is 0.236. The van der Waals surface area contributed by atoms with Crippen LogP contribution in [0.15, 0.2) is 24.8 Å². The van der Waals surface area contributed by atoms with Gasteiger partial charge in [-0.05, 0) is 5.92 Å². The first kappa shape index (κ1) is 16.8. The molecule has 68 valence electrons. The van der Waals surface area contributed by atoms with Crippen LogP contribution in [-0.4, -0.2) is 0 Å². The lowest BCUT2D eigenvalue weighted by Crippen LogP contribution is -1.85. The Morgan fingerprint density at radius 3 is 1.36 bits per heavy atom. The normalized spacial score (nSPS) is 6.82. The van der Waals surface area contributed by atoms with Gasteiger partial charge in [0, 0.05) is 0 Å². The molecule has 0 radical (unpaired) electrons. The van der Waals surface area contributed by atoms with E-state index < -0.39 is 0 Å². The summed E-state index contributed by atoms with van der Waals surface area (Å²) in [5.74, 6) is 0.553. The fourth-order valence-electron chi connectivity index (χ4n) is 0.236. The van der Waals surface area contributed by atoms with Crippen molar-refractivity contribution in [3.63, 3.8) is 0 Å². The molecule has 0 aliphatic rings. The molecule has 0 saturated carbocycles. The highest BCUT2D eigenvalue weighted by atomic mass is 14.0. The second kappa shape index (κ2) is 16.2. The molecule has 0 heterocycles. The average molecular weight is 156 g/mol. The Bertz CT molecular complexity index is 78.0. The molecule has 0 fully saturated rings. The summed E-state index contributed by atoms with van der Waals surface area (Å²) in [6.45, 7) is 19.5. The van der Waals surface area contributed by atoms with Crippen molar-refractivity contribution in [3.8, 4) is 0 Å². The van der Waals surface area contributed by atoms with Gasteiger partial charge in [-0.2, -0.15) is 0 Å². The second-order valence-corrected chi connectivity index (χ2v) is 1.93. The lowest BCUT2D eigenvalue weighted by Gasteiger charge is -1.99. The molecule has 0 spiro atoms. The zero-order chi connectivity index (χ0) is 9.86. The van der Waals surface area contributed by atoms with Crippen LogP contribution in [0, 0.1) is 5.92 Å². The second-order valence-electron chi connectivity index (χ2n) is 1.93. The molecule has 0 saturated heterocycles. The molecule has 11 heavy (non-hydrogen) atoms. The Balaban J connectivity index is -0.000000138. The highest BCUT2D eigenvalue weighted by molar-refractivity contribution is 5.12. The van der Waals surface area contributed by atoms with Crippen LogP contribution >= 0.6 is 0 Å². The van der Waals surface area contributed by atoms with Crippen LogP contribution < -0.4 is 0 Å². The molecule has 0 unspecified atom stereocenters. The number of hydrogen-bond donors (Lipinski definition) is 0. The van der Waals surface area contributed by atoms with E-state index in [4.69, 9.17) is 0 Å². The molecule has 0 nitrogen and oxygen atoms in total. The zero-order valence-corrected chi connectivity index (χ0v) is 9.07. The molecule has 0 aromatic heterocycles. The van der Waals surface area contributed by atoms with E-state index >= 15 is 0 Å². The molecule has 0 N–H and O–H groups in total. The Kier molecular flexibility index (Phi) is 24.8. The quantitative estimate of drug-likeness (QED) is 0.519. The summed E-state index contributed by atoms with van der Waals surface area (Å²) in [7, 11) is 0. The third-order valence-corrected chi connectivity index (χ3v) is 1.00. The topological polar surface area (TPSA) is 0 Å². The van der Waals surface area contributed by atoms with E-state index in [1.807, 2.05) is 27.7 Å². The van der Waals surface area contributed by atoms with Crippen LogP contribution in [-0.2, 0) is 0 Å². The first-order valence-electron chi connectivity index (χ1n) is 4.49. The van der Waals surface area contributed by atoms with Gasteiger partial charge in [-0.3, -0.25) is 0 Å². The van der Waals surface area contributed by atoms with Crippen LogP contribution in [0.1, 0.15) is 41.5 Å². The predicted octanol–water partition coefficient (Wildman–Crippen LogP) is 4.44.